The summed E-state index contributed by atoms with van der Waals surface area (Å²) in [6.45, 7) is 0. The molecule has 1 N–H and O–H groups in total. The Kier molecular flexibility index (Phi) is 4.03. The number of nitrogens with zero attached hydrogens (tertiary/aromatic N) is 3. The number of pyridine rings is 1. The smallest absolute Gasteiger partial charge is 0.411 e. The first-order valence-corrected chi connectivity index (χ1v) is 7.05. The third-order valence-corrected chi connectivity index (χ3v) is 3.54. The van der Waals surface area contributed by atoms with Gasteiger partial charge in [-0.2, -0.15) is 5.10 Å². The fraction of sp³-hybridized carbons (Fsp3) is 0.188. The molecular weight excluding hydrogens is 315 g/mol. The van der Waals surface area contributed by atoms with Crippen molar-refractivity contribution in [3.05, 3.63) is 36.3 Å². The maximum Gasteiger partial charge on any atom is 0.411 e. The fourth-order valence-electron chi connectivity index (χ4n) is 2.41. The van der Waals surface area contributed by atoms with Crippen molar-refractivity contribution in [2.45, 2.75) is 0 Å². The van der Waals surface area contributed by atoms with Crippen LogP contribution in [-0.2, 0) is 11.8 Å². The molecule has 0 radical (unpaired) electrons. The predicted octanol–water partition coefficient (Wildman–Crippen LogP) is 2.96. The molecule has 0 aliphatic heterocycles. The Labute approximate surface area is 137 Å². The van der Waals surface area contributed by atoms with Gasteiger partial charge in [0.2, 0.25) is 0 Å². The van der Waals surface area contributed by atoms with Gasteiger partial charge in [-0.15, -0.1) is 0 Å². The van der Waals surface area contributed by atoms with Crippen LogP contribution in [0.1, 0.15) is 0 Å². The van der Waals surface area contributed by atoms with E-state index in [-0.39, 0.29) is 5.75 Å². The number of methoxy groups -OCH3 is 2. The molecule has 0 fully saturated rings. The number of carbonyl (C=O) groups excluding carboxylic acids is 1. The van der Waals surface area contributed by atoms with Gasteiger partial charge >= 0.3 is 6.09 Å². The summed E-state index contributed by atoms with van der Waals surface area (Å²) in [4.78, 5) is 15.6. The second-order valence-corrected chi connectivity index (χ2v) is 5.03. The first-order valence-electron chi connectivity index (χ1n) is 7.05. The molecule has 24 heavy (non-hydrogen) atoms. The Morgan fingerprint density at radius 3 is 2.75 bits per heavy atom. The van der Waals surface area contributed by atoms with E-state index >= 15 is 0 Å². The van der Waals surface area contributed by atoms with E-state index in [4.69, 9.17) is 4.74 Å². The molecule has 0 atom stereocenters. The summed E-state index contributed by atoms with van der Waals surface area (Å²) in [7, 11) is 4.42. The van der Waals surface area contributed by atoms with Gasteiger partial charge in [-0.1, -0.05) is 0 Å². The molecule has 0 bridgehead atoms. The molecule has 0 aliphatic rings. The van der Waals surface area contributed by atoms with Crippen molar-refractivity contribution < 1.29 is 18.7 Å². The van der Waals surface area contributed by atoms with Crippen LogP contribution in [0.3, 0.4) is 0 Å². The molecule has 3 aromatic rings. The van der Waals surface area contributed by atoms with Crippen molar-refractivity contribution in [2.24, 2.45) is 7.05 Å². The zero-order valence-electron chi connectivity index (χ0n) is 13.3. The highest BCUT2D eigenvalue weighted by atomic mass is 19.1. The highest BCUT2D eigenvalue weighted by Gasteiger charge is 2.15. The summed E-state index contributed by atoms with van der Waals surface area (Å²) in [6, 6.07) is 6.31. The molecule has 7 nitrogen and oxygen atoms in total. The molecule has 0 saturated carbocycles. The third kappa shape index (κ3) is 2.73. The predicted molar refractivity (Wildman–Crippen MR) is 86.5 cm³/mol. The van der Waals surface area contributed by atoms with Gasteiger partial charge in [-0.25, -0.2) is 18.9 Å². The molecule has 0 unspecified atom stereocenters. The van der Waals surface area contributed by atoms with Gasteiger partial charge in [0.25, 0.3) is 0 Å². The number of hydrogen-bond donors (Lipinski definition) is 1. The lowest BCUT2D eigenvalue weighted by atomic mass is 10.1. The van der Waals surface area contributed by atoms with Gasteiger partial charge in [0, 0.05) is 18.0 Å². The van der Waals surface area contributed by atoms with Crippen molar-refractivity contribution >= 4 is 22.8 Å². The second kappa shape index (κ2) is 6.15. The van der Waals surface area contributed by atoms with E-state index < -0.39 is 11.9 Å². The van der Waals surface area contributed by atoms with Crippen LogP contribution >= 0.6 is 0 Å². The molecule has 2 heterocycles. The number of halogens is 1. The molecule has 1 aromatic carbocycles. The number of aryl methyl sites for hydroxylation is 1. The van der Waals surface area contributed by atoms with Gasteiger partial charge in [-0.05, 0) is 24.3 Å². The van der Waals surface area contributed by atoms with E-state index in [1.54, 1.807) is 23.9 Å². The topological polar surface area (TPSA) is 78.3 Å². The molecule has 8 heteroatoms. The van der Waals surface area contributed by atoms with Crippen LogP contribution in [0.4, 0.5) is 14.9 Å². The molecule has 2 aromatic heterocycles. The first kappa shape index (κ1) is 15.7. The average molecular weight is 330 g/mol. The second-order valence-electron chi connectivity index (χ2n) is 5.03. The summed E-state index contributed by atoms with van der Waals surface area (Å²) < 4.78 is 25.1. The Balaban J connectivity index is 2.11. The van der Waals surface area contributed by atoms with Crippen LogP contribution in [0.2, 0.25) is 0 Å². The molecule has 0 aliphatic carbocycles. The highest BCUT2D eigenvalue weighted by Crippen LogP contribution is 2.31. The van der Waals surface area contributed by atoms with Crippen molar-refractivity contribution in [1.29, 1.82) is 0 Å². The first-order chi connectivity index (χ1) is 11.5. The minimum atomic E-state index is -0.600. The monoisotopic (exact) mass is 330 g/mol. The van der Waals surface area contributed by atoms with Crippen LogP contribution < -0.4 is 10.1 Å². The largest absolute Gasteiger partial charge is 0.494 e. The quantitative estimate of drug-likeness (QED) is 0.799. The number of fused-ring (bicyclic) bond motifs is 1. The highest BCUT2D eigenvalue weighted by molar-refractivity contribution is 5.95. The Morgan fingerprint density at radius 2 is 2.08 bits per heavy atom. The number of anilines is 1. The number of aromatic nitrogens is 3. The van der Waals surface area contributed by atoms with E-state index in [9.17, 15) is 9.18 Å². The van der Waals surface area contributed by atoms with Gasteiger partial charge in [0.15, 0.2) is 17.2 Å². The molecule has 124 valence electrons. The minimum absolute atomic E-state index is 0.158. The summed E-state index contributed by atoms with van der Waals surface area (Å²) in [6.07, 6.45) is 0.899. The number of ether oxygens (including phenoxy) is 2. The Hall–Kier alpha value is -3.16. The Morgan fingerprint density at radius 1 is 1.29 bits per heavy atom. The normalized spacial score (nSPS) is 10.7. The van der Waals surface area contributed by atoms with E-state index in [0.717, 1.165) is 0 Å². The number of benzene rings is 1. The summed E-state index contributed by atoms with van der Waals surface area (Å²) in [5.41, 5.74) is 2.19. The minimum Gasteiger partial charge on any atom is -0.494 e. The summed E-state index contributed by atoms with van der Waals surface area (Å²) in [5.74, 6) is -0.323. The van der Waals surface area contributed by atoms with Crippen molar-refractivity contribution in [2.75, 3.05) is 19.5 Å². The Bertz CT molecular complexity index is 923. The van der Waals surface area contributed by atoms with E-state index in [1.807, 2.05) is 0 Å². The van der Waals surface area contributed by atoms with Crippen LogP contribution in [-0.4, -0.2) is 35.1 Å². The SMILES string of the molecule is COC(=O)Nc1cnc2c(c1)c(-c1ccc(OC)c(F)c1)nn2C. The number of hydrogen-bond acceptors (Lipinski definition) is 5. The number of carbonyl (C=O) groups is 1. The van der Waals surface area contributed by atoms with Crippen molar-refractivity contribution in [3.8, 4) is 17.0 Å². The lowest BCUT2D eigenvalue weighted by molar-refractivity contribution is 0.187. The van der Waals surface area contributed by atoms with Crippen molar-refractivity contribution in [1.82, 2.24) is 14.8 Å². The maximum atomic E-state index is 14.0. The van der Waals surface area contributed by atoms with E-state index in [2.05, 4.69) is 20.1 Å². The summed E-state index contributed by atoms with van der Waals surface area (Å²) >= 11 is 0. The lowest BCUT2D eigenvalue weighted by Gasteiger charge is -2.05. The zero-order chi connectivity index (χ0) is 17.3. The maximum absolute atomic E-state index is 14.0. The summed E-state index contributed by atoms with van der Waals surface area (Å²) in [5, 5.41) is 7.62. The molecule has 0 saturated heterocycles. The number of amides is 1. The molecular formula is C16H15FN4O3. The third-order valence-electron chi connectivity index (χ3n) is 3.54. The van der Waals surface area contributed by atoms with Crippen LogP contribution in [0.15, 0.2) is 30.5 Å². The van der Waals surface area contributed by atoms with E-state index in [0.29, 0.717) is 28.0 Å². The number of rotatable bonds is 3. The van der Waals surface area contributed by atoms with Gasteiger partial charge < -0.3 is 9.47 Å². The fourth-order valence-corrected chi connectivity index (χ4v) is 2.41. The number of nitrogens with one attached hydrogen (secondary N) is 1. The molecule has 3 rings (SSSR count). The molecule has 0 spiro atoms. The van der Waals surface area contributed by atoms with Crippen LogP contribution in [0.25, 0.3) is 22.3 Å². The molecule has 1 amide bonds. The van der Waals surface area contributed by atoms with E-state index in [1.165, 1.54) is 32.5 Å². The lowest BCUT2D eigenvalue weighted by Crippen LogP contribution is -2.11. The standard InChI is InChI=1S/C16H15FN4O3/c1-21-15-11(7-10(8-18-15)19-16(22)24-3)14(20-21)9-4-5-13(23-2)12(17)6-9/h4-8H,1-3H3,(H,19,22). The van der Waals surface area contributed by atoms with Gasteiger partial charge in [-0.3, -0.25) is 5.32 Å². The zero-order valence-corrected chi connectivity index (χ0v) is 13.3. The van der Waals surface area contributed by atoms with Gasteiger partial charge in [0.1, 0.15) is 5.69 Å². The van der Waals surface area contributed by atoms with Crippen LogP contribution in [0, 0.1) is 5.82 Å². The van der Waals surface area contributed by atoms with Crippen molar-refractivity contribution in [3.63, 3.8) is 0 Å². The van der Waals surface area contributed by atoms with Gasteiger partial charge in [0.05, 0.1) is 26.1 Å². The average Bonchev–Trinajstić information content (AvgIpc) is 2.91. The van der Waals surface area contributed by atoms with Crippen LogP contribution in [0.5, 0.6) is 5.75 Å².